The third-order valence-electron chi connectivity index (χ3n) is 8.81. The van der Waals surface area contributed by atoms with E-state index in [0.717, 1.165) is 54.7 Å². The molecule has 4 aromatic rings. The lowest BCUT2D eigenvalue weighted by atomic mass is 9.93. The molecule has 42 heavy (non-hydrogen) atoms. The normalized spacial score (nSPS) is 17.0. The molecule has 3 aliphatic rings. The zero-order chi connectivity index (χ0) is 29.0. The number of carbonyl (C=O) groups excluding carboxylic acids is 2. The zero-order valence-electron chi connectivity index (χ0n) is 23.8. The van der Waals surface area contributed by atoms with E-state index in [2.05, 4.69) is 23.6 Å². The number of phenols is 1. The van der Waals surface area contributed by atoms with Crippen LogP contribution in [0.5, 0.6) is 17.2 Å². The highest BCUT2D eigenvalue weighted by atomic mass is 16.7. The first-order valence-electron chi connectivity index (χ1n) is 14.5. The van der Waals surface area contributed by atoms with Gasteiger partial charge >= 0.3 is 0 Å². The number of nitrogens with zero attached hydrogens (tertiary/aromatic N) is 3. The lowest BCUT2D eigenvalue weighted by Gasteiger charge is -2.35. The molecule has 0 unspecified atom stereocenters. The molecule has 214 valence electrons. The average Bonchev–Trinajstić information content (AvgIpc) is 3.64. The first kappa shape index (κ1) is 26.2. The highest BCUT2D eigenvalue weighted by Crippen LogP contribution is 2.42. The standard InChI is InChI=1S/C34H33N3O5/c1-21-15-22-7-3-4-8-23(22)19-37(21)34(40)27-18-32-31(41-20-42-32)17-26(27)30-16-28(29-9-5-6-14-36(29)30)33(39)35(2)24-10-12-25(38)13-11-24/h3-4,7-8,10-13,16-18,21,38H,5-6,9,14-15,19-20H2,1-2H3/t21-/m1/s1. The van der Waals surface area contributed by atoms with Gasteiger partial charge in [-0.2, -0.15) is 0 Å². The van der Waals surface area contributed by atoms with Gasteiger partial charge in [-0.1, -0.05) is 24.3 Å². The van der Waals surface area contributed by atoms with Crippen molar-refractivity contribution in [1.29, 1.82) is 0 Å². The Morgan fingerprint density at radius 1 is 0.929 bits per heavy atom. The van der Waals surface area contributed by atoms with Crippen LogP contribution in [0.1, 0.15) is 57.3 Å². The Hall–Kier alpha value is -4.72. The maximum atomic E-state index is 14.4. The third-order valence-corrected chi connectivity index (χ3v) is 8.81. The van der Waals surface area contributed by atoms with E-state index in [9.17, 15) is 14.7 Å². The summed E-state index contributed by atoms with van der Waals surface area (Å²) in [7, 11) is 1.74. The lowest BCUT2D eigenvalue weighted by Crippen LogP contribution is -2.42. The van der Waals surface area contributed by atoms with Crippen LogP contribution in [0.25, 0.3) is 11.3 Å². The molecule has 2 amide bonds. The van der Waals surface area contributed by atoms with Crippen molar-refractivity contribution in [2.75, 3.05) is 18.7 Å². The van der Waals surface area contributed by atoms with Gasteiger partial charge in [0.05, 0.1) is 11.1 Å². The number of carbonyl (C=O) groups is 2. The van der Waals surface area contributed by atoms with Crippen molar-refractivity contribution in [3.05, 3.63) is 94.7 Å². The Labute approximate surface area is 244 Å². The highest BCUT2D eigenvalue weighted by molar-refractivity contribution is 6.08. The van der Waals surface area contributed by atoms with E-state index in [1.165, 1.54) is 5.56 Å². The summed E-state index contributed by atoms with van der Waals surface area (Å²) in [6.07, 6.45) is 3.55. The van der Waals surface area contributed by atoms with Crippen LogP contribution in [0, 0.1) is 0 Å². The summed E-state index contributed by atoms with van der Waals surface area (Å²) in [5.41, 5.74) is 6.84. The predicted octanol–water partition coefficient (Wildman–Crippen LogP) is 5.79. The van der Waals surface area contributed by atoms with Crippen LogP contribution in [0.4, 0.5) is 5.69 Å². The largest absolute Gasteiger partial charge is 0.508 e. The van der Waals surface area contributed by atoms with Crippen LogP contribution in [0.2, 0.25) is 0 Å². The van der Waals surface area contributed by atoms with Crippen molar-refractivity contribution in [1.82, 2.24) is 9.47 Å². The third kappa shape index (κ3) is 4.38. The number of aromatic hydroxyl groups is 1. The van der Waals surface area contributed by atoms with Gasteiger partial charge < -0.3 is 28.9 Å². The Balaban J connectivity index is 1.32. The molecule has 0 aliphatic carbocycles. The van der Waals surface area contributed by atoms with Gasteiger partial charge in [0.25, 0.3) is 11.8 Å². The fraction of sp³-hybridized carbons (Fsp3) is 0.294. The van der Waals surface area contributed by atoms with Gasteiger partial charge in [0.15, 0.2) is 11.5 Å². The summed E-state index contributed by atoms with van der Waals surface area (Å²) in [4.78, 5) is 31.8. The number of benzene rings is 3. The zero-order valence-corrected chi connectivity index (χ0v) is 23.8. The first-order chi connectivity index (χ1) is 20.4. The highest BCUT2D eigenvalue weighted by Gasteiger charge is 2.33. The van der Waals surface area contributed by atoms with Crippen LogP contribution in [-0.2, 0) is 25.9 Å². The molecule has 1 atom stereocenters. The second kappa shape index (κ2) is 10.3. The van der Waals surface area contributed by atoms with Gasteiger partial charge in [-0.15, -0.1) is 0 Å². The van der Waals surface area contributed by atoms with Gasteiger partial charge in [-0.3, -0.25) is 9.59 Å². The van der Waals surface area contributed by atoms with Crippen molar-refractivity contribution in [3.8, 4) is 28.5 Å². The molecule has 3 aromatic carbocycles. The molecule has 0 spiro atoms. The molecule has 0 radical (unpaired) electrons. The quantitative estimate of drug-likeness (QED) is 0.340. The maximum absolute atomic E-state index is 14.4. The minimum Gasteiger partial charge on any atom is -0.508 e. The minimum absolute atomic E-state index is 0.0306. The number of amides is 2. The van der Waals surface area contributed by atoms with E-state index in [0.29, 0.717) is 34.9 Å². The number of rotatable bonds is 4. The van der Waals surface area contributed by atoms with Crippen molar-refractivity contribution < 1.29 is 24.2 Å². The maximum Gasteiger partial charge on any atom is 0.259 e. The Morgan fingerprint density at radius 2 is 1.67 bits per heavy atom. The number of fused-ring (bicyclic) bond motifs is 3. The fourth-order valence-electron chi connectivity index (χ4n) is 6.49. The molecule has 7 rings (SSSR count). The molecule has 1 aromatic heterocycles. The lowest BCUT2D eigenvalue weighted by molar-refractivity contribution is 0.0658. The Bertz CT molecular complexity index is 1710. The van der Waals surface area contributed by atoms with E-state index in [1.54, 1.807) is 42.3 Å². The monoisotopic (exact) mass is 563 g/mol. The summed E-state index contributed by atoms with van der Waals surface area (Å²) in [5.74, 6) is 1.10. The van der Waals surface area contributed by atoms with Gasteiger partial charge in [0, 0.05) is 48.8 Å². The van der Waals surface area contributed by atoms with Gasteiger partial charge in [0.2, 0.25) is 6.79 Å². The van der Waals surface area contributed by atoms with E-state index < -0.39 is 0 Å². The smallest absolute Gasteiger partial charge is 0.259 e. The van der Waals surface area contributed by atoms with Crippen LogP contribution in [0.15, 0.2) is 66.7 Å². The summed E-state index contributed by atoms with van der Waals surface area (Å²) in [6.45, 7) is 3.50. The number of anilines is 1. The fourth-order valence-corrected chi connectivity index (χ4v) is 6.49. The molecule has 4 heterocycles. The Morgan fingerprint density at radius 3 is 2.45 bits per heavy atom. The molecule has 0 saturated carbocycles. The Kier molecular flexibility index (Phi) is 6.41. The summed E-state index contributed by atoms with van der Waals surface area (Å²) in [6, 6.07) is 20.6. The van der Waals surface area contributed by atoms with Crippen LogP contribution < -0.4 is 14.4 Å². The van der Waals surface area contributed by atoms with Crippen molar-refractivity contribution in [3.63, 3.8) is 0 Å². The van der Waals surface area contributed by atoms with Crippen LogP contribution in [-0.4, -0.2) is 46.3 Å². The molecule has 0 bridgehead atoms. The average molecular weight is 564 g/mol. The molecule has 1 N–H and O–H groups in total. The molecular weight excluding hydrogens is 530 g/mol. The van der Waals surface area contributed by atoms with Crippen molar-refractivity contribution >= 4 is 17.5 Å². The number of phenolic OH excluding ortho intramolecular Hbond substituents is 1. The number of aromatic nitrogens is 1. The first-order valence-corrected chi connectivity index (χ1v) is 14.5. The second-order valence-corrected chi connectivity index (χ2v) is 11.4. The van der Waals surface area contributed by atoms with Crippen molar-refractivity contribution in [2.45, 2.75) is 51.7 Å². The number of hydrogen-bond acceptors (Lipinski definition) is 5. The molecule has 0 fully saturated rings. The number of ether oxygens (including phenoxy) is 2. The van der Waals surface area contributed by atoms with E-state index >= 15 is 0 Å². The van der Waals surface area contributed by atoms with Gasteiger partial charge in [-0.05, 0) is 86.2 Å². The molecule has 3 aliphatic heterocycles. The molecule has 8 nitrogen and oxygen atoms in total. The molecule has 0 saturated heterocycles. The topological polar surface area (TPSA) is 84.2 Å². The molecular formula is C34H33N3O5. The van der Waals surface area contributed by atoms with E-state index in [-0.39, 0.29) is 30.4 Å². The second-order valence-electron chi connectivity index (χ2n) is 11.4. The summed E-state index contributed by atoms with van der Waals surface area (Å²) >= 11 is 0. The van der Waals surface area contributed by atoms with Crippen LogP contribution >= 0.6 is 0 Å². The molecule has 8 heteroatoms. The predicted molar refractivity (Wildman–Crippen MR) is 159 cm³/mol. The summed E-state index contributed by atoms with van der Waals surface area (Å²) in [5, 5.41) is 9.72. The van der Waals surface area contributed by atoms with Gasteiger partial charge in [0.1, 0.15) is 5.75 Å². The van der Waals surface area contributed by atoms with E-state index in [1.807, 2.05) is 29.2 Å². The van der Waals surface area contributed by atoms with Crippen molar-refractivity contribution in [2.24, 2.45) is 0 Å². The van der Waals surface area contributed by atoms with Gasteiger partial charge in [-0.25, -0.2) is 0 Å². The summed E-state index contributed by atoms with van der Waals surface area (Å²) < 4.78 is 13.7. The SMILES string of the molecule is C[C@@H]1Cc2ccccc2CN1C(=O)c1cc2c(cc1-c1cc(C(=O)N(C)c3ccc(O)cc3)c3n1CCCC3)OCO2. The van der Waals surface area contributed by atoms with E-state index in [4.69, 9.17) is 9.47 Å². The van der Waals surface area contributed by atoms with Crippen LogP contribution in [0.3, 0.4) is 0 Å². The number of hydrogen-bond donors (Lipinski definition) is 1. The minimum atomic E-state index is -0.132.